The smallest absolute Gasteiger partial charge is 0.0635 e. The largest absolute Gasteiger partial charge is 0.341 e. The molecule has 0 saturated carbocycles. The molecule has 1 fully saturated rings. The van der Waals surface area contributed by atoms with Crippen molar-refractivity contribution in [2.45, 2.75) is 26.4 Å². The third-order valence-electron chi connectivity index (χ3n) is 5.56. The molecule has 26 heavy (non-hydrogen) atoms. The maximum Gasteiger partial charge on any atom is 0.0635 e. The number of fused-ring (bicyclic) bond motifs is 3. The molecule has 2 heterocycles. The van der Waals surface area contributed by atoms with Gasteiger partial charge >= 0.3 is 0 Å². The van der Waals surface area contributed by atoms with Crippen LogP contribution in [-0.4, -0.2) is 47.1 Å². The molecule has 1 aromatic heterocycles. The van der Waals surface area contributed by atoms with E-state index in [-0.39, 0.29) is 0 Å². The van der Waals surface area contributed by atoms with Crippen molar-refractivity contribution in [3.63, 3.8) is 0 Å². The van der Waals surface area contributed by atoms with E-state index in [0.717, 1.165) is 45.8 Å². The van der Waals surface area contributed by atoms with Crippen molar-refractivity contribution in [2.75, 3.05) is 32.7 Å². The number of aromatic nitrogens is 1. The summed E-state index contributed by atoms with van der Waals surface area (Å²) in [5.74, 6) is 0. The van der Waals surface area contributed by atoms with E-state index < -0.39 is 0 Å². The fraction of sp³-hybridized carbons (Fsp3) is 0.409. The number of nitrogens with zero attached hydrogens (tertiary/aromatic N) is 4. The van der Waals surface area contributed by atoms with Crippen LogP contribution in [0, 0.1) is 11.3 Å². The van der Waals surface area contributed by atoms with Gasteiger partial charge in [-0.15, -0.1) is 0 Å². The summed E-state index contributed by atoms with van der Waals surface area (Å²) in [5, 5.41) is 11.5. The predicted octanol–water partition coefficient (Wildman–Crippen LogP) is 3.85. The first-order valence-corrected chi connectivity index (χ1v) is 9.61. The number of rotatable bonds is 5. The minimum Gasteiger partial charge on any atom is -0.341 e. The standard InChI is InChI=1S/C22H26N4/c1-2-26-21-7-4-3-6-19(21)20-16-18(8-9-22(20)26)17-25-14-12-24(13-15-25)11-5-10-23/h3-4,6-9,16H,2,5,11-15,17H2,1H3. The van der Waals surface area contributed by atoms with Crippen LogP contribution in [0.4, 0.5) is 0 Å². The summed E-state index contributed by atoms with van der Waals surface area (Å²) in [7, 11) is 0. The van der Waals surface area contributed by atoms with Crippen molar-refractivity contribution in [1.29, 1.82) is 5.26 Å². The summed E-state index contributed by atoms with van der Waals surface area (Å²) in [4.78, 5) is 4.93. The highest BCUT2D eigenvalue weighted by molar-refractivity contribution is 6.08. The summed E-state index contributed by atoms with van der Waals surface area (Å²) in [6.07, 6.45) is 0.637. The van der Waals surface area contributed by atoms with Crippen LogP contribution in [0.5, 0.6) is 0 Å². The van der Waals surface area contributed by atoms with Crippen LogP contribution in [-0.2, 0) is 13.1 Å². The summed E-state index contributed by atoms with van der Waals surface area (Å²) in [6.45, 7) is 9.43. The molecule has 0 bridgehead atoms. The second kappa shape index (κ2) is 7.49. The highest BCUT2D eigenvalue weighted by Crippen LogP contribution is 2.30. The summed E-state index contributed by atoms with van der Waals surface area (Å²) < 4.78 is 2.41. The van der Waals surface area contributed by atoms with Crippen molar-refractivity contribution >= 4 is 21.8 Å². The Morgan fingerprint density at radius 1 is 0.923 bits per heavy atom. The van der Waals surface area contributed by atoms with Gasteiger partial charge in [0.2, 0.25) is 0 Å². The van der Waals surface area contributed by atoms with Crippen LogP contribution in [0.3, 0.4) is 0 Å². The van der Waals surface area contributed by atoms with Gasteiger partial charge < -0.3 is 4.57 Å². The molecule has 0 spiro atoms. The molecule has 134 valence electrons. The van der Waals surface area contributed by atoms with Crippen molar-refractivity contribution < 1.29 is 0 Å². The monoisotopic (exact) mass is 346 g/mol. The first-order chi connectivity index (χ1) is 12.8. The Kier molecular flexibility index (Phi) is 4.92. The van der Waals surface area contributed by atoms with E-state index in [2.05, 4.69) is 69.8 Å². The Morgan fingerprint density at radius 2 is 1.65 bits per heavy atom. The first kappa shape index (κ1) is 17.1. The van der Waals surface area contributed by atoms with E-state index in [1.807, 2.05) is 0 Å². The minimum absolute atomic E-state index is 0.637. The van der Waals surface area contributed by atoms with Gasteiger partial charge in [-0.3, -0.25) is 9.80 Å². The maximum absolute atomic E-state index is 8.74. The number of benzene rings is 2. The van der Waals surface area contributed by atoms with Gasteiger partial charge in [0.25, 0.3) is 0 Å². The molecule has 1 aliphatic heterocycles. The number of piperazine rings is 1. The molecular formula is C22H26N4. The molecule has 4 heteroatoms. The number of hydrogen-bond donors (Lipinski definition) is 0. The van der Waals surface area contributed by atoms with Crippen LogP contribution in [0.15, 0.2) is 42.5 Å². The molecule has 3 aromatic rings. The van der Waals surface area contributed by atoms with E-state index in [0.29, 0.717) is 6.42 Å². The number of nitriles is 1. The van der Waals surface area contributed by atoms with Crippen LogP contribution in [0.2, 0.25) is 0 Å². The lowest BCUT2D eigenvalue weighted by Gasteiger charge is -2.34. The lowest BCUT2D eigenvalue weighted by atomic mass is 10.1. The quantitative estimate of drug-likeness (QED) is 0.704. The number of aryl methyl sites for hydroxylation is 1. The van der Waals surface area contributed by atoms with Crippen molar-refractivity contribution in [2.24, 2.45) is 0 Å². The summed E-state index contributed by atoms with van der Waals surface area (Å²) in [6, 6.07) is 17.9. The fourth-order valence-corrected chi connectivity index (χ4v) is 4.18. The molecule has 0 radical (unpaired) electrons. The lowest BCUT2D eigenvalue weighted by molar-refractivity contribution is 0.129. The van der Waals surface area contributed by atoms with Crippen LogP contribution < -0.4 is 0 Å². The van der Waals surface area contributed by atoms with Gasteiger partial charge in [0.05, 0.1) is 6.07 Å². The van der Waals surface area contributed by atoms with E-state index in [4.69, 9.17) is 5.26 Å². The minimum atomic E-state index is 0.637. The van der Waals surface area contributed by atoms with Crippen LogP contribution in [0.1, 0.15) is 18.9 Å². The van der Waals surface area contributed by atoms with Crippen molar-refractivity contribution in [3.8, 4) is 6.07 Å². The second-order valence-electron chi connectivity index (χ2n) is 7.14. The Morgan fingerprint density at radius 3 is 2.42 bits per heavy atom. The third kappa shape index (κ3) is 3.21. The van der Waals surface area contributed by atoms with Gasteiger partial charge in [-0.2, -0.15) is 5.26 Å². The molecule has 0 amide bonds. The molecular weight excluding hydrogens is 320 g/mol. The van der Waals surface area contributed by atoms with Crippen molar-refractivity contribution in [3.05, 3.63) is 48.0 Å². The highest BCUT2D eigenvalue weighted by atomic mass is 15.3. The zero-order chi connectivity index (χ0) is 17.9. The van der Waals surface area contributed by atoms with E-state index in [1.165, 1.54) is 27.4 Å². The van der Waals surface area contributed by atoms with Gasteiger partial charge in [-0.25, -0.2) is 0 Å². The molecule has 1 aliphatic rings. The summed E-state index contributed by atoms with van der Waals surface area (Å²) in [5.41, 5.74) is 4.05. The zero-order valence-corrected chi connectivity index (χ0v) is 15.5. The molecule has 0 aliphatic carbocycles. The SMILES string of the molecule is CCn1c2ccccc2c2cc(CN3CCN(CCC#N)CC3)ccc21. The topological polar surface area (TPSA) is 35.2 Å². The Balaban J connectivity index is 1.54. The summed E-state index contributed by atoms with van der Waals surface area (Å²) >= 11 is 0. The van der Waals surface area contributed by atoms with Gasteiger partial charge in [-0.1, -0.05) is 24.3 Å². The molecule has 4 rings (SSSR count). The van der Waals surface area contributed by atoms with Gasteiger partial charge in [0.15, 0.2) is 0 Å². The van der Waals surface area contributed by atoms with Gasteiger partial charge in [0.1, 0.15) is 0 Å². The van der Waals surface area contributed by atoms with Crippen LogP contribution >= 0.6 is 0 Å². The second-order valence-corrected chi connectivity index (χ2v) is 7.14. The maximum atomic E-state index is 8.74. The van der Waals surface area contributed by atoms with E-state index in [1.54, 1.807) is 0 Å². The van der Waals surface area contributed by atoms with Crippen molar-refractivity contribution in [1.82, 2.24) is 14.4 Å². The van der Waals surface area contributed by atoms with E-state index in [9.17, 15) is 0 Å². The molecule has 4 nitrogen and oxygen atoms in total. The molecule has 1 saturated heterocycles. The Hall–Kier alpha value is -2.35. The molecule has 2 aromatic carbocycles. The molecule has 0 unspecified atom stereocenters. The lowest BCUT2D eigenvalue weighted by Crippen LogP contribution is -2.46. The zero-order valence-electron chi connectivity index (χ0n) is 15.5. The molecule has 0 N–H and O–H groups in total. The highest BCUT2D eigenvalue weighted by Gasteiger charge is 2.17. The third-order valence-corrected chi connectivity index (χ3v) is 5.56. The van der Waals surface area contributed by atoms with E-state index >= 15 is 0 Å². The number of para-hydroxylation sites is 1. The number of hydrogen-bond acceptors (Lipinski definition) is 3. The van der Waals surface area contributed by atoms with Crippen LogP contribution in [0.25, 0.3) is 21.8 Å². The normalized spacial score (nSPS) is 16.3. The fourth-order valence-electron chi connectivity index (χ4n) is 4.18. The molecule has 0 atom stereocenters. The van der Waals surface area contributed by atoms with Gasteiger partial charge in [0, 0.05) is 74.0 Å². The average Bonchev–Trinajstić information content (AvgIpc) is 3.00. The predicted molar refractivity (Wildman–Crippen MR) is 107 cm³/mol. The average molecular weight is 346 g/mol. The Labute approximate surface area is 155 Å². The Bertz CT molecular complexity index is 942. The first-order valence-electron chi connectivity index (χ1n) is 9.61. The van der Waals surface area contributed by atoms with Gasteiger partial charge in [-0.05, 0) is 30.7 Å².